The van der Waals surface area contributed by atoms with Crippen LogP contribution in [0.5, 0.6) is 0 Å². The predicted molar refractivity (Wildman–Crippen MR) is 80.1 cm³/mol. The molecule has 0 spiro atoms. The Balaban J connectivity index is 2.30. The molecule has 0 bridgehead atoms. The molecule has 22 heavy (non-hydrogen) atoms. The molecule has 0 saturated carbocycles. The van der Waals surface area contributed by atoms with Crippen LogP contribution >= 0.6 is 11.6 Å². The number of hydrogen-bond donors (Lipinski definition) is 2. The number of nitrogens with one attached hydrogen (secondary N) is 2. The van der Waals surface area contributed by atoms with E-state index < -0.39 is 17.5 Å². The van der Waals surface area contributed by atoms with E-state index in [-0.39, 0.29) is 22.2 Å². The van der Waals surface area contributed by atoms with Gasteiger partial charge in [0, 0.05) is 12.6 Å². The number of halogens is 3. The molecular weight excluding hydrogens is 314 g/mol. The highest BCUT2D eigenvalue weighted by Gasteiger charge is 2.17. The predicted octanol–water partition coefficient (Wildman–Crippen LogP) is 3.83. The number of anilines is 2. The lowest BCUT2D eigenvalue weighted by molar-refractivity contribution is -0.114. The SMILES string of the molecule is CC(=O)Nc1ccc(F)c(NC(=O)c2c(F)cccc2Cl)c1. The summed E-state index contributed by atoms with van der Waals surface area (Å²) in [4.78, 5) is 23.0. The third-order valence-electron chi connectivity index (χ3n) is 2.72. The van der Waals surface area contributed by atoms with Crippen molar-refractivity contribution >= 4 is 34.8 Å². The largest absolute Gasteiger partial charge is 0.326 e. The highest BCUT2D eigenvalue weighted by atomic mass is 35.5. The molecule has 0 radical (unpaired) electrons. The zero-order valence-corrected chi connectivity index (χ0v) is 12.2. The van der Waals surface area contributed by atoms with Gasteiger partial charge < -0.3 is 10.6 Å². The van der Waals surface area contributed by atoms with Crippen LogP contribution < -0.4 is 10.6 Å². The maximum absolute atomic E-state index is 13.7. The van der Waals surface area contributed by atoms with Gasteiger partial charge in [-0.25, -0.2) is 8.78 Å². The zero-order chi connectivity index (χ0) is 16.3. The number of amides is 2. The van der Waals surface area contributed by atoms with Gasteiger partial charge in [0.1, 0.15) is 11.6 Å². The van der Waals surface area contributed by atoms with E-state index in [1.54, 1.807) is 0 Å². The van der Waals surface area contributed by atoms with Crippen LogP contribution in [0, 0.1) is 11.6 Å². The van der Waals surface area contributed by atoms with Gasteiger partial charge in [0.05, 0.1) is 16.3 Å². The van der Waals surface area contributed by atoms with Crippen LogP contribution in [-0.2, 0) is 4.79 Å². The first-order valence-corrected chi connectivity index (χ1v) is 6.59. The minimum atomic E-state index is -0.887. The number of carbonyl (C=O) groups is 2. The van der Waals surface area contributed by atoms with Crippen LogP contribution in [0.25, 0.3) is 0 Å². The van der Waals surface area contributed by atoms with Gasteiger partial charge in [-0.15, -0.1) is 0 Å². The van der Waals surface area contributed by atoms with E-state index in [2.05, 4.69) is 10.6 Å². The Kier molecular flexibility index (Phi) is 4.72. The lowest BCUT2D eigenvalue weighted by atomic mass is 10.2. The van der Waals surface area contributed by atoms with Crippen molar-refractivity contribution in [2.24, 2.45) is 0 Å². The highest BCUT2D eigenvalue weighted by molar-refractivity contribution is 6.34. The fraction of sp³-hybridized carbons (Fsp3) is 0.0667. The van der Waals surface area contributed by atoms with Crippen LogP contribution in [-0.4, -0.2) is 11.8 Å². The van der Waals surface area contributed by atoms with E-state index in [4.69, 9.17) is 11.6 Å². The second-order valence-corrected chi connectivity index (χ2v) is 4.83. The maximum atomic E-state index is 13.7. The Morgan fingerprint density at radius 2 is 1.77 bits per heavy atom. The van der Waals surface area contributed by atoms with Gasteiger partial charge >= 0.3 is 0 Å². The van der Waals surface area contributed by atoms with E-state index in [0.29, 0.717) is 5.69 Å². The van der Waals surface area contributed by atoms with Gasteiger partial charge in [0.2, 0.25) is 5.91 Å². The summed E-state index contributed by atoms with van der Waals surface area (Å²) in [6.45, 7) is 1.29. The van der Waals surface area contributed by atoms with Crippen LogP contribution in [0.4, 0.5) is 20.2 Å². The molecule has 2 amide bonds. The van der Waals surface area contributed by atoms with E-state index >= 15 is 0 Å². The van der Waals surface area contributed by atoms with Crippen molar-refractivity contribution in [3.63, 3.8) is 0 Å². The molecule has 0 saturated heterocycles. The molecule has 0 fully saturated rings. The third kappa shape index (κ3) is 3.59. The Bertz CT molecular complexity index is 730. The maximum Gasteiger partial charge on any atom is 0.260 e. The van der Waals surface area contributed by atoms with E-state index in [0.717, 1.165) is 12.1 Å². The van der Waals surface area contributed by atoms with Crippen molar-refractivity contribution in [2.75, 3.05) is 10.6 Å². The molecule has 2 aromatic carbocycles. The van der Waals surface area contributed by atoms with Crippen molar-refractivity contribution < 1.29 is 18.4 Å². The Morgan fingerprint density at radius 1 is 1.05 bits per heavy atom. The molecular formula is C15H11ClF2N2O2. The molecule has 0 aromatic heterocycles. The van der Waals surface area contributed by atoms with Crippen molar-refractivity contribution in [2.45, 2.75) is 6.92 Å². The monoisotopic (exact) mass is 324 g/mol. The van der Waals surface area contributed by atoms with Gasteiger partial charge in [-0.1, -0.05) is 17.7 Å². The summed E-state index contributed by atoms with van der Waals surface area (Å²) in [6, 6.07) is 7.41. The van der Waals surface area contributed by atoms with Gasteiger partial charge in [-0.3, -0.25) is 9.59 Å². The first kappa shape index (κ1) is 15.9. The van der Waals surface area contributed by atoms with Crippen molar-refractivity contribution in [3.8, 4) is 0 Å². The van der Waals surface area contributed by atoms with Gasteiger partial charge in [0.15, 0.2) is 0 Å². The first-order chi connectivity index (χ1) is 10.4. The summed E-state index contributed by atoms with van der Waals surface area (Å²) in [5.74, 6) is -2.78. The summed E-state index contributed by atoms with van der Waals surface area (Å²) < 4.78 is 27.4. The fourth-order valence-electron chi connectivity index (χ4n) is 1.80. The number of benzene rings is 2. The zero-order valence-electron chi connectivity index (χ0n) is 11.4. The molecule has 4 nitrogen and oxygen atoms in total. The molecule has 0 aliphatic heterocycles. The smallest absolute Gasteiger partial charge is 0.260 e. The molecule has 2 N–H and O–H groups in total. The fourth-order valence-corrected chi connectivity index (χ4v) is 2.05. The molecule has 2 rings (SSSR count). The van der Waals surface area contributed by atoms with E-state index in [1.807, 2.05) is 0 Å². The molecule has 0 atom stereocenters. The van der Waals surface area contributed by atoms with Gasteiger partial charge in [-0.05, 0) is 30.3 Å². The van der Waals surface area contributed by atoms with Gasteiger partial charge in [-0.2, -0.15) is 0 Å². The van der Waals surface area contributed by atoms with E-state index in [1.165, 1.54) is 31.2 Å². The van der Waals surface area contributed by atoms with Crippen LogP contribution in [0.15, 0.2) is 36.4 Å². The summed E-state index contributed by atoms with van der Waals surface area (Å²) in [5.41, 5.74) is -0.284. The number of hydrogen-bond acceptors (Lipinski definition) is 2. The van der Waals surface area contributed by atoms with Crippen LogP contribution in [0.1, 0.15) is 17.3 Å². The Hall–Kier alpha value is -2.47. The normalized spacial score (nSPS) is 10.2. The van der Waals surface area contributed by atoms with Crippen molar-refractivity contribution in [1.82, 2.24) is 0 Å². The van der Waals surface area contributed by atoms with Gasteiger partial charge in [0.25, 0.3) is 5.91 Å². The summed E-state index contributed by atoms with van der Waals surface area (Å²) >= 11 is 5.78. The standard InChI is InChI=1S/C15H11ClF2N2O2/c1-8(21)19-9-5-6-11(17)13(7-9)20-15(22)14-10(16)3-2-4-12(14)18/h2-7H,1H3,(H,19,21)(H,20,22). The summed E-state index contributed by atoms with van der Waals surface area (Å²) in [7, 11) is 0. The molecule has 0 unspecified atom stereocenters. The lowest BCUT2D eigenvalue weighted by Crippen LogP contribution is -2.16. The topological polar surface area (TPSA) is 58.2 Å². The van der Waals surface area contributed by atoms with Crippen molar-refractivity contribution in [1.29, 1.82) is 0 Å². The third-order valence-corrected chi connectivity index (χ3v) is 3.04. The average molecular weight is 325 g/mol. The van der Waals surface area contributed by atoms with E-state index in [9.17, 15) is 18.4 Å². The summed E-state index contributed by atoms with van der Waals surface area (Å²) in [6.07, 6.45) is 0. The molecule has 7 heteroatoms. The Morgan fingerprint density at radius 3 is 2.41 bits per heavy atom. The summed E-state index contributed by atoms with van der Waals surface area (Å²) in [5, 5.41) is 4.60. The van der Waals surface area contributed by atoms with Crippen LogP contribution in [0.3, 0.4) is 0 Å². The second kappa shape index (κ2) is 6.53. The lowest BCUT2D eigenvalue weighted by Gasteiger charge is -2.10. The highest BCUT2D eigenvalue weighted by Crippen LogP contribution is 2.23. The average Bonchev–Trinajstić information content (AvgIpc) is 2.41. The van der Waals surface area contributed by atoms with Crippen LogP contribution in [0.2, 0.25) is 5.02 Å². The second-order valence-electron chi connectivity index (χ2n) is 4.43. The number of carbonyl (C=O) groups excluding carboxylic acids is 2. The Labute approximate surface area is 130 Å². The molecule has 2 aromatic rings. The number of rotatable bonds is 3. The minimum Gasteiger partial charge on any atom is -0.326 e. The molecule has 114 valence electrons. The molecule has 0 aliphatic carbocycles. The quantitative estimate of drug-likeness (QED) is 0.901. The van der Waals surface area contributed by atoms with Crippen molar-refractivity contribution in [3.05, 3.63) is 58.6 Å². The molecule has 0 aliphatic rings. The molecule has 0 heterocycles. The first-order valence-electron chi connectivity index (χ1n) is 6.21. The minimum absolute atomic E-state index is 0.0871.